The molecule has 5 heteroatoms. The van der Waals surface area contributed by atoms with Crippen LogP contribution in [-0.2, 0) is 4.74 Å². The standard InChI is InChI=1S/C23H34N4O/c1-2-24-23(25-13-10-22-11-19-28-20-12-22)27-17-15-26(16-18-27)14-6-9-21-7-4-3-5-8-21/h3-9,11H,2,10,12-20H2,1H3,(H,24,25)/b9-6+. The summed E-state index contributed by atoms with van der Waals surface area (Å²) in [5.41, 5.74) is 2.75. The third-order valence-electron chi connectivity index (χ3n) is 5.23. The number of benzene rings is 1. The number of nitrogens with zero attached hydrogens (tertiary/aromatic N) is 3. The Morgan fingerprint density at radius 1 is 1.18 bits per heavy atom. The van der Waals surface area contributed by atoms with Crippen LogP contribution in [0.3, 0.4) is 0 Å². The van der Waals surface area contributed by atoms with E-state index in [1.165, 1.54) is 11.1 Å². The maximum Gasteiger partial charge on any atom is 0.194 e. The minimum absolute atomic E-state index is 0.764. The average molecular weight is 383 g/mol. The lowest BCUT2D eigenvalue weighted by molar-refractivity contribution is 0.153. The Labute approximate surface area is 169 Å². The van der Waals surface area contributed by atoms with Gasteiger partial charge in [0, 0.05) is 45.8 Å². The van der Waals surface area contributed by atoms with E-state index in [4.69, 9.17) is 9.73 Å². The number of hydrogen-bond donors (Lipinski definition) is 1. The predicted octanol–water partition coefficient (Wildman–Crippen LogP) is 3.02. The number of ether oxygens (including phenoxy) is 1. The monoisotopic (exact) mass is 382 g/mol. The molecule has 2 aliphatic rings. The Morgan fingerprint density at radius 2 is 2.00 bits per heavy atom. The van der Waals surface area contributed by atoms with Crippen molar-refractivity contribution >= 4 is 12.0 Å². The summed E-state index contributed by atoms with van der Waals surface area (Å²) in [5, 5.41) is 3.47. The fraction of sp³-hybridized carbons (Fsp3) is 0.522. The quantitative estimate of drug-likeness (QED) is 0.447. The van der Waals surface area contributed by atoms with E-state index in [9.17, 15) is 0 Å². The Morgan fingerprint density at radius 3 is 2.71 bits per heavy atom. The highest BCUT2D eigenvalue weighted by Crippen LogP contribution is 2.12. The van der Waals surface area contributed by atoms with Crippen molar-refractivity contribution in [2.24, 2.45) is 4.99 Å². The second kappa shape index (κ2) is 11.7. The van der Waals surface area contributed by atoms with Gasteiger partial charge in [-0.2, -0.15) is 0 Å². The second-order valence-electron chi connectivity index (χ2n) is 7.27. The van der Waals surface area contributed by atoms with Gasteiger partial charge in [0.05, 0.1) is 13.2 Å². The highest BCUT2D eigenvalue weighted by Gasteiger charge is 2.18. The van der Waals surface area contributed by atoms with Gasteiger partial charge in [-0.1, -0.05) is 54.1 Å². The minimum Gasteiger partial charge on any atom is -0.377 e. The maximum atomic E-state index is 5.38. The summed E-state index contributed by atoms with van der Waals surface area (Å²) < 4.78 is 5.38. The van der Waals surface area contributed by atoms with Gasteiger partial charge in [0.15, 0.2) is 5.96 Å². The van der Waals surface area contributed by atoms with Crippen molar-refractivity contribution in [3.05, 3.63) is 53.6 Å². The van der Waals surface area contributed by atoms with Crippen molar-refractivity contribution in [1.29, 1.82) is 0 Å². The first kappa shape index (κ1) is 20.6. The summed E-state index contributed by atoms with van der Waals surface area (Å²) in [6, 6.07) is 10.5. The maximum absolute atomic E-state index is 5.38. The third kappa shape index (κ3) is 6.80. The molecule has 1 aromatic carbocycles. The highest BCUT2D eigenvalue weighted by atomic mass is 16.5. The molecule has 1 N–H and O–H groups in total. The number of aliphatic imine (C=N–C) groups is 1. The molecule has 0 amide bonds. The average Bonchev–Trinajstić information content (AvgIpc) is 2.75. The van der Waals surface area contributed by atoms with Gasteiger partial charge in [0.25, 0.3) is 0 Å². The highest BCUT2D eigenvalue weighted by molar-refractivity contribution is 5.80. The summed E-state index contributed by atoms with van der Waals surface area (Å²) in [4.78, 5) is 9.78. The first-order valence-electron chi connectivity index (χ1n) is 10.6. The Hall–Kier alpha value is -2.11. The van der Waals surface area contributed by atoms with Gasteiger partial charge in [0.2, 0.25) is 0 Å². The zero-order valence-electron chi connectivity index (χ0n) is 17.1. The number of piperazine rings is 1. The molecule has 0 unspecified atom stereocenters. The van der Waals surface area contributed by atoms with Gasteiger partial charge in [0.1, 0.15) is 0 Å². The van der Waals surface area contributed by atoms with Crippen LogP contribution in [0.1, 0.15) is 25.3 Å². The van der Waals surface area contributed by atoms with Crippen LogP contribution in [0.15, 0.2) is 53.0 Å². The van der Waals surface area contributed by atoms with E-state index in [1.54, 1.807) is 0 Å². The van der Waals surface area contributed by atoms with Crippen LogP contribution in [0, 0.1) is 0 Å². The normalized spacial score (nSPS) is 19.1. The molecule has 0 spiro atoms. The van der Waals surface area contributed by atoms with Crippen molar-refractivity contribution in [3.8, 4) is 0 Å². The number of hydrogen-bond acceptors (Lipinski definition) is 3. The van der Waals surface area contributed by atoms with Gasteiger partial charge < -0.3 is 15.0 Å². The van der Waals surface area contributed by atoms with E-state index in [-0.39, 0.29) is 0 Å². The molecule has 0 aromatic heterocycles. The molecule has 152 valence electrons. The first-order valence-corrected chi connectivity index (χ1v) is 10.6. The topological polar surface area (TPSA) is 40.1 Å². The summed E-state index contributed by atoms with van der Waals surface area (Å²) in [5.74, 6) is 1.06. The summed E-state index contributed by atoms with van der Waals surface area (Å²) in [7, 11) is 0. The van der Waals surface area contributed by atoms with Crippen molar-refractivity contribution in [1.82, 2.24) is 15.1 Å². The molecule has 0 atom stereocenters. The van der Waals surface area contributed by atoms with Crippen molar-refractivity contribution < 1.29 is 4.74 Å². The van der Waals surface area contributed by atoms with Crippen LogP contribution in [0.25, 0.3) is 6.08 Å². The van der Waals surface area contributed by atoms with E-state index >= 15 is 0 Å². The lowest BCUT2D eigenvalue weighted by Crippen LogP contribution is -2.52. The molecule has 1 aromatic rings. The van der Waals surface area contributed by atoms with E-state index in [1.807, 2.05) is 0 Å². The van der Waals surface area contributed by atoms with Gasteiger partial charge >= 0.3 is 0 Å². The van der Waals surface area contributed by atoms with E-state index in [0.29, 0.717) is 0 Å². The molecule has 2 heterocycles. The van der Waals surface area contributed by atoms with Crippen molar-refractivity contribution in [2.45, 2.75) is 19.8 Å². The largest absolute Gasteiger partial charge is 0.377 e. The molecule has 0 aliphatic carbocycles. The molecule has 1 fully saturated rings. The first-order chi connectivity index (χ1) is 13.8. The predicted molar refractivity (Wildman–Crippen MR) is 118 cm³/mol. The lowest BCUT2D eigenvalue weighted by Gasteiger charge is -2.36. The van der Waals surface area contributed by atoms with Crippen LogP contribution in [0.2, 0.25) is 0 Å². The molecule has 0 saturated carbocycles. The smallest absolute Gasteiger partial charge is 0.194 e. The van der Waals surface area contributed by atoms with Gasteiger partial charge in [-0.15, -0.1) is 0 Å². The van der Waals surface area contributed by atoms with Crippen LogP contribution in [0.5, 0.6) is 0 Å². The van der Waals surface area contributed by atoms with Crippen LogP contribution in [-0.4, -0.2) is 74.8 Å². The molecule has 3 rings (SSSR count). The Kier molecular flexibility index (Phi) is 8.59. The molecule has 0 radical (unpaired) electrons. The van der Waals surface area contributed by atoms with E-state index < -0.39 is 0 Å². The third-order valence-corrected chi connectivity index (χ3v) is 5.23. The second-order valence-corrected chi connectivity index (χ2v) is 7.27. The minimum atomic E-state index is 0.764. The zero-order valence-corrected chi connectivity index (χ0v) is 17.1. The molecule has 5 nitrogen and oxygen atoms in total. The SMILES string of the molecule is CCNC(=NCCC1=CCOCC1)N1CCN(C/C=C/c2ccccc2)CC1. The van der Waals surface area contributed by atoms with E-state index in [0.717, 1.165) is 77.8 Å². The molecule has 1 saturated heterocycles. The zero-order chi connectivity index (χ0) is 19.4. The fourth-order valence-corrected chi connectivity index (χ4v) is 3.57. The van der Waals surface area contributed by atoms with Crippen LogP contribution >= 0.6 is 0 Å². The van der Waals surface area contributed by atoms with Gasteiger partial charge in [-0.25, -0.2) is 0 Å². The summed E-state index contributed by atoms with van der Waals surface area (Å²) in [6.07, 6.45) is 8.80. The molecule has 28 heavy (non-hydrogen) atoms. The molecule has 2 aliphatic heterocycles. The van der Waals surface area contributed by atoms with Crippen molar-refractivity contribution in [3.63, 3.8) is 0 Å². The van der Waals surface area contributed by atoms with Gasteiger partial charge in [-0.3, -0.25) is 9.89 Å². The molecular formula is C23H34N4O. The van der Waals surface area contributed by atoms with Crippen molar-refractivity contribution in [2.75, 3.05) is 59.0 Å². The van der Waals surface area contributed by atoms with E-state index in [2.05, 4.69) is 70.6 Å². The Bertz CT molecular complexity index is 660. The summed E-state index contributed by atoms with van der Waals surface area (Å²) >= 11 is 0. The lowest BCUT2D eigenvalue weighted by atomic mass is 10.1. The number of nitrogens with one attached hydrogen (secondary N) is 1. The Balaban J connectivity index is 1.43. The molecular weight excluding hydrogens is 348 g/mol. The molecule has 0 bridgehead atoms. The van der Waals surface area contributed by atoms with Crippen LogP contribution in [0.4, 0.5) is 0 Å². The van der Waals surface area contributed by atoms with Crippen LogP contribution < -0.4 is 5.32 Å². The fourth-order valence-electron chi connectivity index (χ4n) is 3.57. The number of rotatable bonds is 7. The number of guanidine groups is 1. The summed E-state index contributed by atoms with van der Waals surface area (Å²) in [6.45, 7) is 10.7. The van der Waals surface area contributed by atoms with Gasteiger partial charge in [-0.05, 0) is 25.3 Å².